The first-order valence-electron chi connectivity index (χ1n) is 7.04. The Labute approximate surface area is 128 Å². The highest BCUT2D eigenvalue weighted by atomic mass is 79.9. The Morgan fingerprint density at radius 3 is 2.75 bits per heavy atom. The van der Waals surface area contributed by atoms with Crippen molar-refractivity contribution in [2.24, 2.45) is 5.92 Å². The van der Waals surface area contributed by atoms with Gasteiger partial charge in [0.05, 0.1) is 5.56 Å². The smallest absolute Gasteiger partial charge is 0.335 e. The summed E-state index contributed by atoms with van der Waals surface area (Å²) in [4.78, 5) is 13.5. The molecule has 1 heterocycles. The summed E-state index contributed by atoms with van der Waals surface area (Å²) in [6, 6.07) is 5.20. The first-order chi connectivity index (χ1) is 9.54. The van der Waals surface area contributed by atoms with Crippen LogP contribution in [0.5, 0.6) is 0 Å². The topological polar surface area (TPSA) is 52.6 Å². The second-order valence-corrected chi connectivity index (χ2v) is 6.44. The molecule has 1 atom stereocenters. The van der Waals surface area contributed by atoms with Crippen molar-refractivity contribution in [3.8, 4) is 0 Å². The fourth-order valence-corrected chi connectivity index (χ4v) is 3.07. The lowest BCUT2D eigenvalue weighted by molar-refractivity contribution is 0.0697. The zero-order valence-corrected chi connectivity index (χ0v) is 13.3. The predicted octanol–water partition coefficient (Wildman–Crippen LogP) is 3.29. The normalized spacial score (nSPS) is 17.1. The first-order valence-corrected chi connectivity index (χ1v) is 7.84. The molecule has 110 valence electrons. The highest BCUT2D eigenvalue weighted by molar-refractivity contribution is 9.10. The number of anilines is 1. The van der Waals surface area contributed by atoms with E-state index >= 15 is 0 Å². The van der Waals surface area contributed by atoms with Crippen molar-refractivity contribution in [1.29, 1.82) is 0 Å². The lowest BCUT2D eigenvalue weighted by Gasteiger charge is -2.21. The van der Waals surface area contributed by atoms with Crippen molar-refractivity contribution in [2.75, 3.05) is 31.5 Å². The number of likely N-dealkylation sites (tertiary alicyclic amines) is 1. The Balaban J connectivity index is 1.87. The number of halogens is 1. The van der Waals surface area contributed by atoms with E-state index in [-0.39, 0.29) is 0 Å². The summed E-state index contributed by atoms with van der Waals surface area (Å²) in [7, 11) is 0. The molecular weight excluding hydrogens is 320 g/mol. The molecule has 1 saturated heterocycles. The molecule has 4 nitrogen and oxygen atoms in total. The van der Waals surface area contributed by atoms with Crippen molar-refractivity contribution in [1.82, 2.24) is 4.90 Å². The maximum Gasteiger partial charge on any atom is 0.335 e. The second-order valence-electron chi connectivity index (χ2n) is 5.53. The monoisotopic (exact) mass is 340 g/mol. The summed E-state index contributed by atoms with van der Waals surface area (Å²) < 4.78 is 0.784. The van der Waals surface area contributed by atoms with E-state index in [9.17, 15) is 4.79 Å². The molecule has 20 heavy (non-hydrogen) atoms. The number of nitrogens with zero attached hydrogens (tertiary/aromatic N) is 1. The van der Waals surface area contributed by atoms with Crippen LogP contribution in [0.2, 0.25) is 0 Å². The Kier molecular flexibility index (Phi) is 5.43. The van der Waals surface area contributed by atoms with Crippen molar-refractivity contribution >= 4 is 27.6 Å². The van der Waals surface area contributed by atoms with Crippen LogP contribution in [0.4, 0.5) is 5.69 Å². The van der Waals surface area contributed by atoms with E-state index in [4.69, 9.17) is 5.11 Å². The van der Waals surface area contributed by atoms with Crippen LogP contribution in [0, 0.1) is 5.92 Å². The molecule has 1 fully saturated rings. The zero-order chi connectivity index (χ0) is 14.5. The molecule has 1 aromatic carbocycles. The second kappa shape index (κ2) is 7.09. The van der Waals surface area contributed by atoms with Crippen LogP contribution in [-0.2, 0) is 0 Å². The molecule has 1 aromatic rings. The summed E-state index contributed by atoms with van der Waals surface area (Å²) in [5, 5.41) is 12.4. The Bertz CT molecular complexity index is 473. The molecule has 0 saturated carbocycles. The first kappa shape index (κ1) is 15.3. The van der Waals surface area contributed by atoms with Crippen LogP contribution in [0.1, 0.15) is 30.1 Å². The number of carbonyl (C=O) groups is 1. The molecule has 5 heteroatoms. The summed E-state index contributed by atoms with van der Waals surface area (Å²) >= 11 is 3.35. The van der Waals surface area contributed by atoms with E-state index in [0.717, 1.165) is 23.2 Å². The Morgan fingerprint density at radius 1 is 1.40 bits per heavy atom. The van der Waals surface area contributed by atoms with Crippen molar-refractivity contribution in [3.05, 3.63) is 28.2 Å². The highest BCUT2D eigenvalue weighted by Crippen LogP contribution is 2.20. The molecule has 2 N–H and O–H groups in total. The van der Waals surface area contributed by atoms with E-state index in [1.807, 2.05) is 6.07 Å². The van der Waals surface area contributed by atoms with Crippen molar-refractivity contribution < 1.29 is 9.90 Å². The summed E-state index contributed by atoms with van der Waals surface area (Å²) in [6.07, 6.45) is 2.63. The third kappa shape index (κ3) is 4.49. The molecule has 0 spiro atoms. The number of hydrogen-bond acceptors (Lipinski definition) is 3. The standard InChI is InChI=1S/C15H21BrN2O2/c1-11(10-18-4-2-3-5-18)9-17-14-7-12(15(19)20)6-13(16)8-14/h6-8,11,17H,2-5,9-10H2,1H3,(H,19,20). The van der Waals surface area contributed by atoms with E-state index < -0.39 is 5.97 Å². The average Bonchev–Trinajstić information content (AvgIpc) is 2.88. The van der Waals surface area contributed by atoms with Gasteiger partial charge >= 0.3 is 5.97 Å². The van der Waals surface area contributed by atoms with Gasteiger partial charge in [0.15, 0.2) is 0 Å². The van der Waals surface area contributed by atoms with E-state index in [1.165, 1.54) is 25.9 Å². The quantitative estimate of drug-likeness (QED) is 0.834. The maximum atomic E-state index is 11.0. The molecule has 1 aliphatic rings. The van der Waals surface area contributed by atoms with E-state index in [1.54, 1.807) is 12.1 Å². The van der Waals surface area contributed by atoms with Gasteiger partial charge in [0.25, 0.3) is 0 Å². The molecule has 0 aliphatic carbocycles. The molecule has 0 aromatic heterocycles. The molecule has 0 radical (unpaired) electrons. The van der Waals surface area contributed by atoms with Crippen LogP contribution in [0.25, 0.3) is 0 Å². The van der Waals surface area contributed by atoms with Gasteiger partial charge in [-0.1, -0.05) is 22.9 Å². The molecular formula is C15H21BrN2O2. The predicted molar refractivity (Wildman–Crippen MR) is 84.4 cm³/mol. The number of rotatable bonds is 6. The van der Waals surface area contributed by atoms with Gasteiger partial charge in [-0.25, -0.2) is 4.79 Å². The third-order valence-corrected chi connectivity index (χ3v) is 4.03. The lowest BCUT2D eigenvalue weighted by atomic mass is 10.1. The molecule has 1 unspecified atom stereocenters. The minimum Gasteiger partial charge on any atom is -0.478 e. The van der Waals surface area contributed by atoms with Crippen LogP contribution in [-0.4, -0.2) is 42.2 Å². The highest BCUT2D eigenvalue weighted by Gasteiger charge is 2.14. The van der Waals surface area contributed by atoms with Crippen LogP contribution in [0.15, 0.2) is 22.7 Å². The molecule has 0 bridgehead atoms. The van der Waals surface area contributed by atoms with Gasteiger partial charge in [0, 0.05) is 23.2 Å². The number of hydrogen-bond donors (Lipinski definition) is 2. The zero-order valence-electron chi connectivity index (χ0n) is 11.7. The minimum absolute atomic E-state index is 0.300. The van der Waals surface area contributed by atoms with Crippen molar-refractivity contribution in [2.45, 2.75) is 19.8 Å². The minimum atomic E-state index is -0.903. The Hall–Kier alpha value is -1.07. The lowest BCUT2D eigenvalue weighted by Crippen LogP contribution is -2.28. The van der Waals surface area contributed by atoms with Gasteiger partial charge in [-0.2, -0.15) is 0 Å². The van der Waals surface area contributed by atoms with Gasteiger partial charge in [-0.15, -0.1) is 0 Å². The summed E-state index contributed by atoms with van der Waals surface area (Å²) in [5.74, 6) is -0.361. The van der Waals surface area contributed by atoms with Gasteiger partial charge in [-0.05, 0) is 50.0 Å². The summed E-state index contributed by atoms with van der Waals surface area (Å²) in [6.45, 7) is 6.61. The van der Waals surface area contributed by atoms with Gasteiger partial charge < -0.3 is 15.3 Å². The van der Waals surface area contributed by atoms with Crippen molar-refractivity contribution in [3.63, 3.8) is 0 Å². The largest absolute Gasteiger partial charge is 0.478 e. The molecule has 2 rings (SSSR count). The van der Waals surface area contributed by atoms with Crippen LogP contribution >= 0.6 is 15.9 Å². The van der Waals surface area contributed by atoms with E-state index in [0.29, 0.717) is 11.5 Å². The van der Waals surface area contributed by atoms with Gasteiger partial charge in [0.1, 0.15) is 0 Å². The number of aromatic carboxylic acids is 1. The number of carboxylic acids is 1. The summed E-state index contributed by atoms with van der Waals surface area (Å²) in [5.41, 5.74) is 1.15. The fraction of sp³-hybridized carbons (Fsp3) is 0.533. The van der Waals surface area contributed by atoms with Gasteiger partial charge in [0.2, 0.25) is 0 Å². The number of carboxylic acid groups (broad SMARTS) is 1. The average molecular weight is 341 g/mol. The van der Waals surface area contributed by atoms with E-state index in [2.05, 4.69) is 33.1 Å². The molecule has 1 aliphatic heterocycles. The Morgan fingerprint density at radius 2 is 2.10 bits per heavy atom. The van der Waals surface area contributed by atoms with Gasteiger partial charge in [-0.3, -0.25) is 0 Å². The maximum absolute atomic E-state index is 11.0. The fourth-order valence-electron chi connectivity index (χ4n) is 2.58. The SMILES string of the molecule is CC(CNc1cc(Br)cc(C(=O)O)c1)CN1CCCC1. The van der Waals surface area contributed by atoms with Crippen LogP contribution in [0.3, 0.4) is 0 Å². The van der Waals surface area contributed by atoms with Crippen LogP contribution < -0.4 is 5.32 Å². The molecule has 0 amide bonds. The third-order valence-electron chi connectivity index (χ3n) is 3.57. The number of benzene rings is 1. The number of nitrogens with one attached hydrogen (secondary N) is 1.